The first-order valence-electron chi connectivity index (χ1n) is 5.61. The zero-order chi connectivity index (χ0) is 12.0. The van der Waals surface area contributed by atoms with Crippen LogP contribution in [-0.2, 0) is 4.74 Å². The lowest BCUT2D eigenvalue weighted by atomic mass is 10.3. The van der Waals surface area contributed by atoms with Gasteiger partial charge < -0.3 is 10.5 Å². The second-order valence-corrected chi connectivity index (χ2v) is 4.08. The third-order valence-electron chi connectivity index (χ3n) is 2.50. The van der Waals surface area contributed by atoms with Crippen molar-refractivity contribution < 1.29 is 17.9 Å². The van der Waals surface area contributed by atoms with Crippen molar-refractivity contribution in [2.45, 2.75) is 31.5 Å². The number of ether oxygens (including phenoxy) is 1. The molecule has 1 saturated carbocycles. The molecule has 0 spiro atoms. The molecule has 1 fully saturated rings. The zero-order valence-electron chi connectivity index (χ0n) is 9.30. The molecule has 0 unspecified atom stereocenters. The Labute approximate surface area is 93.7 Å². The van der Waals surface area contributed by atoms with E-state index >= 15 is 0 Å². The van der Waals surface area contributed by atoms with E-state index in [9.17, 15) is 13.2 Å². The van der Waals surface area contributed by atoms with Crippen molar-refractivity contribution in [2.75, 3.05) is 32.8 Å². The Morgan fingerprint density at radius 1 is 1.25 bits per heavy atom. The highest BCUT2D eigenvalue weighted by Gasteiger charge is 2.29. The van der Waals surface area contributed by atoms with Crippen LogP contribution in [0.25, 0.3) is 0 Å². The zero-order valence-corrected chi connectivity index (χ0v) is 9.30. The summed E-state index contributed by atoms with van der Waals surface area (Å²) in [4.78, 5) is 2.17. The van der Waals surface area contributed by atoms with E-state index in [0.717, 1.165) is 25.8 Å². The molecule has 6 heteroatoms. The molecule has 0 atom stereocenters. The van der Waals surface area contributed by atoms with Crippen LogP contribution >= 0.6 is 0 Å². The van der Waals surface area contributed by atoms with Gasteiger partial charge in [-0.05, 0) is 32.4 Å². The van der Waals surface area contributed by atoms with Gasteiger partial charge in [-0.15, -0.1) is 0 Å². The molecule has 0 amide bonds. The summed E-state index contributed by atoms with van der Waals surface area (Å²) in [5, 5.41) is 0. The monoisotopic (exact) mass is 240 g/mol. The largest absolute Gasteiger partial charge is 0.411 e. The van der Waals surface area contributed by atoms with Gasteiger partial charge in [-0.3, -0.25) is 4.90 Å². The van der Waals surface area contributed by atoms with Crippen LogP contribution in [-0.4, -0.2) is 50.0 Å². The highest BCUT2D eigenvalue weighted by atomic mass is 19.4. The summed E-state index contributed by atoms with van der Waals surface area (Å²) >= 11 is 0. The first kappa shape index (κ1) is 13.7. The van der Waals surface area contributed by atoms with Crippen molar-refractivity contribution in [1.29, 1.82) is 0 Å². The number of alkyl halides is 3. The molecule has 1 aliphatic carbocycles. The molecule has 0 aliphatic heterocycles. The Morgan fingerprint density at radius 3 is 2.44 bits per heavy atom. The fourth-order valence-electron chi connectivity index (χ4n) is 1.58. The van der Waals surface area contributed by atoms with Crippen molar-refractivity contribution in [1.82, 2.24) is 4.90 Å². The van der Waals surface area contributed by atoms with Crippen LogP contribution in [0.5, 0.6) is 0 Å². The van der Waals surface area contributed by atoms with Gasteiger partial charge in [-0.25, -0.2) is 0 Å². The molecular formula is C10H19F3N2O. The molecule has 0 heterocycles. The van der Waals surface area contributed by atoms with E-state index in [1.165, 1.54) is 0 Å². The molecule has 0 saturated heterocycles. The fourth-order valence-corrected chi connectivity index (χ4v) is 1.58. The maximum atomic E-state index is 11.8. The Kier molecular flexibility index (Phi) is 5.51. The van der Waals surface area contributed by atoms with E-state index in [1.54, 1.807) is 0 Å². The van der Waals surface area contributed by atoms with Crippen molar-refractivity contribution in [2.24, 2.45) is 5.73 Å². The summed E-state index contributed by atoms with van der Waals surface area (Å²) in [7, 11) is 0. The standard InChI is InChI=1S/C10H19F3N2O/c11-10(12,13)8-16-7-6-15(5-1-4-14)9-2-3-9/h9H,1-8,14H2. The maximum Gasteiger partial charge on any atom is 0.411 e. The molecule has 3 nitrogen and oxygen atoms in total. The summed E-state index contributed by atoms with van der Waals surface area (Å²) in [5.74, 6) is 0. The van der Waals surface area contributed by atoms with Gasteiger partial charge in [0.15, 0.2) is 0 Å². The van der Waals surface area contributed by atoms with E-state index < -0.39 is 12.8 Å². The lowest BCUT2D eigenvalue weighted by Gasteiger charge is -2.21. The molecule has 1 rings (SSSR count). The molecule has 1 aliphatic rings. The van der Waals surface area contributed by atoms with Gasteiger partial charge in [0, 0.05) is 12.6 Å². The number of nitrogens with zero attached hydrogens (tertiary/aromatic N) is 1. The molecule has 0 aromatic carbocycles. The van der Waals surface area contributed by atoms with E-state index in [4.69, 9.17) is 5.73 Å². The first-order valence-corrected chi connectivity index (χ1v) is 5.61. The Balaban J connectivity index is 2.08. The van der Waals surface area contributed by atoms with Crippen LogP contribution in [0.2, 0.25) is 0 Å². The molecule has 0 radical (unpaired) electrons. The molecule has 16 heavy (non-hydrogen) atoms. The second-order valence-electron chi connectivity index (χ2n) is 4.08. The van der Waals surface area contributed by atoms with Gasteiger partial charge >= 0.3 is 6.18 Å². The smallest absolute Gasteiger partial charge is 0.371 e. The number of rotatable bonds is 8. The number of halogens is 3. The van der Waals surface area contributed by atoms with Crippen molar-refractivity contribution in [3.05, 3.63) is 0 Å². The van der Waals surface area contributed by atoms with E-state index in [0.29, 0.717) is 19.1 Å². The molecule has 96 valence electrons. The highest BCUT2D eigenvalue weighted by molar-refractivity contribution is 4.84. The van der Waals surface area contributed by atoms with Gasteiger partial charge in [-0.1, -0.05) is 0 Å². The Hall–Kier alpha value is -0.330. The third-order valence-corrected chi connectivity index (χ3v) is 2.50. The maximum absolute atomic E-state index is 11.8. The Morgan fingerprint density at radius 2 is 1.94 bits per heavy atom. The normalized spacial score (nSPS) is 17.1. The third kappa shape index (κ3) is 6.30. The van der Waals surface area contributed by atoms with Crippen LogP contribution in [0.1, 0.15) is 19.3 Å². The summed E-state index contributed by atoms with van der Waals surface area (Å²) in [5.41, 5.74) is 5.40. The molecular weight excluding hydrogens is 221 g/mol. The first-order chi connectivity index (χ1) is 7.53. The van der Waals surface area contributed by atoms with E-state index in [-0.39, 0.29) is 6.61 Å². The van der Waals surface area contributed by atoms with Gasteiger partial charge in [0.05, 0.1) is 6.61 Å². The number of hydrogen-bond donors (Lipinski definition) is 1. The lowest BCUT2D eigenvalue weighted by Crippen LogP contribution is -2.32. The van der Waals surface area contributed by atoms with Crippen molar-refractivity contribution in [3.63, 3.8) is 0 Å². The minimum atomic E-state index is -4.22. The predicted octanol–water partition coefficient (Wildman–Crippen LogP) is 1.38. The van der Waals surface area contributed by atoms with E-state index in [2.05, 4.69) is 9.64 Å². The van der Waals surface area contributed by atoms with Crippen LogP contribution in [0.3, 0.4) is 0 Å². The molecule has 0 aromatic rings. The van der Waals surface area contributed by atoms with Crippen LogP contribution in [0.15, 0.2) is 0 Å². The van der Waals surface area contributed by atoms with Gasteiger partial charge in [0.1, 0.15) is 6.61 Å². The van der Waals surface area contributed by atoms with Crippen LogP contribution in [0, 0.1) is 0 Å². The van der Waals surface area contributed by atoms with Crippen molar-refractivity contribution >= 4 is 0 Å². The molecule has 0 bridgehead atoms. The molecule has 0 aromatic heterocycles. The average molecular weight is 240 g/mol. The van der Waals surface area contributed by atoms with Crippen LogP contribution < -0.4 is 5.73 Å². The highest BCUT2D eigenvalue weighted by Crippen LogP contribution is 2.26. The molecule has 2 N–H and O–H groups in total. The quantitative estimate of drug-likeness (QED) is 0.651. The van der Waals surface area contributed by atoms with E-state index in [1.807, 2.05) is 0 Å². The van der Waals surface area contributed by atoms with Gasteiger partial charge in [0.2, 0.25) is 0 Å². The summed E-state index contributed by atoms with van der Waals surface area (Å²) in [6.07, 6.45) is -1.05. The average Bonchev–Trinajstić information content (AvgIpc) is 2.98. The lowest BCUT2D eigenvalue weighted by molar-refractivity contribution is -0.174. The van der Waals surface area contributed by atoms with Gasteiger partial charge in [-0.2, -0.15) is 13.2 Å². The van der Waals surface area contributed by atoms with Crippen molar-refractivity contribution in [3.8, 4) is 0 Å². The minimum absolute atomic E-state index is 0.139. The minimum Gasteiger partial charge on any atom is -0.371 e. The Bertz CT molecular complexity index is 195. The topological polar surface area (TPSA) is 38.5 Å². The summed E-state index contributed by atoms with van der Waals surface area (Å²) in [6, 6.07) is 0.543. The van der Waals surface area contributed by atoms with Crippen LogP contribution in [0.4, 0.5) is 13.2 Å². The SMILES string of the molecule is NCCCN(CCOCC(F)(F)F)C1CC1. The summed E-state index contributed by atoms with van der Waals surface area (Å²) < 4.78 is 40.0. The summed E-state index contributed by atoms with van der Waals surface area (Å²) in [6.45, 7) is 1.03. The second kappa shape index (κ2) is 6.42. The predicted molar refractivity (Wildman–Crippen MR) is 55.1 cm³/mol. The van der Waals surface area contributed by atoms with Gasteiger partial charge in [0.25, 0.3) is 0 Å². The number of nitrogens with two attached hydrogens (primary N) is 1. The number of hydrogen-bond acceptors (Lipinski definition) is 3. The fraction of sp³-hybridized carbons (Fsp3) is 1.00.